The van der Waals surface area contributed by atoms with Gasteiger partial charge in [0.05, 0.1) is 26.3 Å². The molecular formula is C23H26N2O7. The van der Waals surface area contributed by atoms with Crippen molar-refractivity contribution in [2.75, 3.05) is 27.4 Å². The highest BCUT2D eigenvalue weighted by Crippen LogP contribution is 2.39. The lowest BCUT2D eigenvalue weighted by molar-refractivity contribution is 0.0962. The number of fused-ring (bicyclic) bond motifs is 1. The summed E-state index contributed by atoms with van der Waals surface area (Å²) in [4.78, 5) is 26.1. The van der Waals surface area contributed by atoms with Crippen molar-refractivity contribution in [3.05, 3.63) is 57.9 Å². The monoisotopic (exact) mass is 442 g/mol. The molecule has 0 bridgehead atoms. The van der Waals surface area contributed by atoms with Gasteiger partial charge >= 0.3 is 0 Å². The number of ether oxygens (including phenoxy) is 2. The molecule has 170 valence electrons. The van der Waals surface area contributed by atoms with Gasteiger partial charge in [0, 0.05) is 31.4 Å². The van der Waals surface area contributed by atoms with E-state index in [0.717, 1.165) is 0 Å². The normalized spacial score (nSPS) is 12.0. The van der Waals surface area contributed by atoms with E-state index in [1.54, 1.807) is 36.4 Å². The van der Waals surface area contributed by atoms with Gasteiger partial charge in [0.15, 0.2) is 17.3 Å². The summed E-state index contributed by atoms with van der Waals surface area (Å²) in [6, 6.07) is 9.19. The second-order valence-corrected chi connectivity index (χ2v) is 7.24. The first kappa shape index (κ1) is 23.1. The molecule has 0 aliphatic heterocycles. The van der Waals surface area contributed by atoms with Crippen molar-refractivity contribution in [1.82, 2.24) is 9.88 Å². The Morgan fingerprint density at radius 1 is 1.09 bits per heavy atom. The van der Waals surface area contributed by atoms with E-state index >= 15 is 0 Å². The van der Waals surface area contributed by atoms with Crippen molar-refractivity contribution in [3.63, 3.8) is 0 Å². The number of phenolic OH excluding ortho intramolecular Hbond substituents is 1. The fourth-order valence-electron chi connectivity index (χ4n) is 3.68. The van der Waals surface area contributed by atoms with E-state index in [4.69, 9.17) is 9.47 Å². The molecule has 0 amide bonds. The average Bonchev–Trinajstić information content (AvgIpc) is 2.80. The van der Waals surface area contributed by atoms with Crippen molar-refractivity contribution < 1.29 is 29.6 Å². The lowest BCUT2D eigenvalue weighted by Gasteiger charge is -2.21. The van der Waals surface area contributed by atoms with Gasteiger partial charge < -0.3 is 34.7 Å². The second-order valence-electron chi connectivity index (χ2n) is 7.24. The molecule has 0 saturated heterocycles. The number of aliphatic hydroxyl groups is 1. The van der Waals surface area contributed by atoms with Crippen LogP contribution in [-0.2, 0) is 7.05 Å². The summed E-state index contributed by atoms with van der Waals surface area (Å²) in [6.07, 6.45) is -0.196. The van der Waals surface area contributed by atoms with Gasteiger partial charge in [-0.15, -0.1) is 0 Å². The third-order valence-electron chi connectivity index (χ3n) is 5.35. The minimum Gasteiger partial charge on any atom is -0.506 e. The lowest BCUT2D eigenvalue weighted by Crippen LogP contribution is -2.30. The largest absolute Gasteiger partial charge is 0.506 e. The van der Waals surface area contributed by atoms with Crippen molar-refractivity contribution in [2.45, 2.75) is 12.5 Å². The van der Waals surface area contributed by atoms with Crippen LogP contribution in [-0.4, -0.2) is 53.0 Å². The molecule has 2 aromatic carbocycles. The number of nitrogens with zero attached hydrogens (tertiary/aromatic N) is 1. The van der Waals surface area contributed by atoms with Crippen LogP contribution in [0.4, 0.5) is 0 Å². The molecule has 1 aromatic heterocycles. The van der Waals surface area contributed by atoms with Gasteiger partial charge in [-0.2, -0.15) is 0 Å². The number of para-hydroxylation sites is 1. The number of hydrogen-bond donors (Lipinski definition) is 4. The minimum atomic E-state index is -0.659. The van der Waals surface area contributed by atoms with Crippen molar-refractivity contribution >= 4 is 16.7 Å². The molecule has 9 heteroatoms. The van der Waals surface area contributed by atoms with E-state index in [1.807, 2.05) is 0 Å². The molecule has 0 spiro atoms. The van der Waals surface area contributed by atoms with Crippen LogP contribution in [0, 0.1) is 0 Å². The summed E-state index contributed by atoms with van der Waals surface area (Å²) in [5.41, 5.74) is 0.137. The van der Waals surface area contributed by atoms with E-state index in [9.17, 15) is 24.9 Å². The van der Waals surface area contributed by atoms with Crippen LogP contribution in [0.15, 0.2) is 41.2 Å². The molecule has 0 radical (unpaired) electrons. The van der Waals surface area contributed by atoms with Crippen molar-refractivity contribution in [1.29, 1.82) is 0 Å². The van der Waals surface area contributed by atoms with Gasteiger partial charge in [-0.25, -0.2) is 0 Å². The van der Waals surface area contributed by atoms with E-state index in [-0.39, 0.29) is 48.1 Å². The number of phenols is 1. The molecule has 0 saturated carbocycles. The maximum Gasteiger partial charge on any atom is 0.265 e. The van der Waals surface area contributed by atoms with E-state index < -0.39 is 17.4 Å². The van der Waals surface area contributed by atoms with Gasteiger partial charge in [0.2, 0.25) is 5.75 Å². The molecule has 0 aliphatic rings. The van der Waals surface area contributed by atoms with E-state index in [2.05, 4.69) is 5.32 Å². The first-order valence-corrected chi connectivity index (χ1v) is 9.97. The molecule has 0 unspecified atom stereocenters. The standard InChI is InChI=1S/C23H26N2O7/c1-25-16-7-5-4-6-14(16)21(28)20(23(25)30)17(27)12-15(24-8-9-26)13-10-18(31-2)22(29)19(11-13)32-3/h4-7,10-11,15,24,26,28-29H,8-9,12H2,1-3H3/t15-/m0/s1. The zero-order valence-electron chi connectivity index (χ0n) is 18.1. The highest BCUT2D eigenvalue weighted by Gasteiger charge is 2.26. The maximum atomic E-state index is 13.2. The Labute approximate surface area is 184 Å². The number of aromatic nitrogens is 1. The van der Waals surface area contributed by atoms with Crippen molar-refractivity contribution in [2.24, 2.45) is 7.05 Å². The number of carbonyl (C=O) groups is 1. The number of aryl methyl sites for hydroxylation is 1. The molecule has 1 atom stereocenters. The van der Waals surface area contributed by atoms with Crippen LogP contribution in [0.1, 0.15) is 28.4 Å². The quantitative estimate of drug-likeness (QED) is 0.370. The molecule has 4 N–H and O–H groups in total. The number of benzene rings is 2. The number of nitrogens with one attached hydrogen (secondary N) is 1. The molecule has 9 nitrogen and oxygen atoms in total. The average molecular weight is 442 g/mol. The van der Waals surface area contributed by atoms with Crippen molar-refractivity contribution in [3.8, 4) is 23.0 Å². The summed E-state index contributed by atoms with van der Waals surface area (Å²) in [6.45, 7) is -0.00873. The Bertz CT molecular complexity index is 1180. The molecule has 3 rings (SSSR count). The molecule has 3 aromatic rings. The van der Waals surface area contributed by atoms with Gasteiger partial charge in [0.1, 0.15) is 11.3 Å². The smallest absolute Gasteiger partial charge is 0.265 e. The summed E-state index contributed by atoms with van der Waals surface area (Å²) >= 11 is 0. The van der Waals surface area contributed by atoms with Gasteiger partial charge in [-0.05, 0) is 29.8 Å². The molecule has 32 heavy (non-hydrogen) atoms. The molecule has 1 heterocycles. The zero-order valence-corrected chi connectivity index (χ0v) is 18.1. The minimum absolute atomic E-state index is 0.145. The van der Waals surface area contributed by atoms with Crippen LogP contribution in [0.3, 0.4) is 0 Å². The SMILES string of the molecule is COc1cc([C@H](CC(=O)c2c(O)c3ccccc3n(C)c2=O)NCCO)cc(OC)c1O. The third-order valence-corrected chi connectivity index (χ3v) is 5.35. The van der Waals surface area contributed by atoms with E-state index in [0.29, 0.717) is 16.5 Å². The Balaban J connectivity index is 2.06. The Hall–Kier alpha value is -3.56. The summed E-state index contributed by atoms with van der Waals surface area (Å²) in [5.74, 6) is -0.836. The van der Waals surface area contributed by atoms with Crippen LogP contribution in [0.2, 0.25) is 0 Å². The van der Waals surface area contributed by atoms with Gasteiger partial charge in [0.25, 0.3) is 5.56 Å². The van der Waals surface area contributed by atoms with Crippen LogP contribution in [0.5, 0.6) is 23.0 Å². The van der Waals surface area contributed by atoms with Gasteiger partial charge in [-0.1, -0.05) is 12.1 Å². The number of hydrogen-bond acceptors (Lipinski definition) is 8. The first-order chi connectivity index (χ1) is 15.3. The number of Topliss-reactive ketones (excluding diaryl/α,β-unsaturated/α-hetero) is 1. The number of aliphatic hydroxyl groups excluding tert-OH is 1. The summed E-state index contributed by atoms with van der Waals surface area (Å²) in [7, 11) is 4.31. The second kappa shape index (κ2) is 9.71. The first-order valence-electron chi connectivity index (χ1n) is 9.97. The van der Waals surface area contributed by atoms with Gasteiger partial charge in [-0.3, -0.25) is 9.59 Å². The highest BCUT2D eigenvalue weighted by atomic mass is 16.5. The number of aromatic hydroxyl groups is 2. The fourth-order valence-corrected chi connectivity index (χ4v) is 3.68. The van der Waals surface area contributed by atoms with Crippen LogP contribution < -0.4 is 20.3 Å². The number of methoxy groups -OCH3 is 2. The third kappa shape index (κ3) is 4.25. The summed E-state index contributed by atoms with van der Waals surface area (Å²) in [5, 5.41) is 33.6. The molecule has 0 aliphatic carbocycles. The number of rotatable bonds is 9. The lowest BCUT2D eigenvalue weighted by atomic mass is 9.96. The molecular weight excluding hydrogens is 416 g/mol. The fraction of sp³-hybridized carbons (Fsp3) is 0.304. The highest BCUT2D eigenvalue weighted by molar-refractivity contribution is 6.03. The van der Waals surface area contributed by atoms with Crippen LogP contribution >= 0.6 is 0 Å². The number of carbonyl (C=O) groups excluding carboxylic acids is 1. The number of ketones is 1. The topological polar surface area (TPSA) is 130 Å². The Kier molecular flexibility index (Phi) is 7.01. The Morgan fingerprint density at radius 2 is 1.72 bits per heavy atom. The number of pyridine rings is 1. The summed E-state index contributed by atoms with van der Waals surface area (Å²) < 4.78 is 11.7. The molecule has 0 fully saturated rings. The van der Waals surface area contributed by atoms with E-state index in [1.165, 1.54) is 25.8 Å². The maximum absolute atomic E-state index is 13.2. The Morgan fingerprint density at radius 3 is 2.31 bits per heavy atom. The zero-order chi connectivity index (χ0) is 23.4. The predicted molar refractivity (Wildman–Crippen MR) is 119 cm³/mol. The van der Waals surface area contributed by atoms with Crippen LogP contribution in [0.25, 0.3) is 10.9 Å². The predicted octanol–water partition coefficient (Wildman–Crippen LogP) is 1.86.